The predicted octanol–water partition coefficient (Wildman–Crippen LogP) is 2.63. The molecule has 3 nitrogen and oxygen atoms in total. The van der Waals surface area contributed by atoms with E-state index in [9.17, 15) is 13.2 Å². The summed E-state index contributed by atoms with van der Waals surface area (Å²) in [7, 11) is 0. The van der Waals surface area contributed by atoms with Crippen LogP contribution in [0, 0.1) is 0 Å². The van der Waals surface area contributed by atoms with Gasteiger partial charge in [-0.2, -0.15) is 13.2 Å². The molecule has 6 heteroatoms. The number of aromatic nitrogens is 1. The van der Waals surface area contributed by atoms with Crippen LogP contribution >= 0.6 is 0 Å². The Morgan fingerprint density at radius 2 is 2.11 bits per heavy atom. The number of alkyl halides is 3. The summed E-state index contributed by atoms with van der Waals surface area (Å²) in [5.41, 5.74) is -0.851. The molecule has 0 saturated carbocycles. The molecule has 1 aliphatic heterocycles. The van der Waals surface area contributed by atoms with Crippen molar-refractivity contribution in [2.24, 2.45) is 0 Å². The first-order valence-corrected chi connectivity index (χ1v) is 5.68. The third kappa shape index (κ3) is 2.93. The molecule has 18 heavy (non-hydrogen) atoms. The molecule has 100 valence electrons. The van der Waals surface area contributed by atoms with Crippen molar-refractivity contribution in [2.45, 2.75) is 31.7 Å². The van der Waals surface area contributed by atoms with E-state index < -0.39 is 17.9 Å². The Bertz CT molecular complexity index is 406. The number of pyridine rings is 1. The van der Waals surface area contributed by atoms with Crippen molar-refractivity contribution in [3.8, 4) is 0 Å². The number of nitrogens with zero attached hydrogens (tertiary/aromatic N) is 2. The summed E-state index contributed by atoms with van der Waals surface area (Å²) < 4.78 is 43.5. The summed E-state index contributed by atoms with van der Waals surface area (Å²) in [6.45, 7) is 3.47. The van der Waals surface area contributed by atoms with Gasteiger partial charge in [-0.1, -0.05) is 6.07 Å². The molecule has 0 spiro atoms. The second-order valence-corrected chi connectivity index (χ2v) is 4.98. The van der Waals surface area contributed by atoms with Gasteiger partial charge >= 0.3 is 6.18 Å². The van der Waals surface area contributed by atoms with Crippen molar-refractivity contribution in [2.75, 3.05) is 18.0 Å². The zero-order valence-corrected chi connectivity index (χ0v) is 10.2. The molecule has 0 N–H and O–H groups in total. The maximum atomic E-state index is 12.8. The minimum Gasteiger partial charge on any atom is -0.359 e. The number of morpholine rings is 1. The van der Waals surface area contributed by atoms with Crippen molar-refractivity contribution in [1.29, 1.82) is 0 Å². The van der Waals surface area contributed by atoms with E-state index in [1.54, 1.807) is 43.1 Å². The summed E-state index contributed by atoms with van der Waals surface area (Å²) in [6, 6.07) is 5.19. The van der Waals surface area contributed by atoms with E-state index in [-0.39, 0.29) is 6.54 Å². The summed E-state index contributed by atoms with van der Waals surface area (Å²) in [4.78, 5) is 5.70. The number of hydrogen-bond donors (Lipinski definition) is 0. The van der Waals surface area contributed by atoms with Gasteiger partial charge in [-0.3, -0.25) is 0 Å². The lowest BCUT2D eigenvalue weighted by molar-refractivity contribution is -0.251. The molecule has 1 fully saturated rings. The van der Waals surface area contributed by atoms with Gasteiger partial charge in [0.05, 0.1) is 12.1 Å². The highest BCUT2D eigenvalue weighted by Crippen LogP contribution is 2.33. The minimum absolute atomic E-state index is 0.218. The molecular weight excluding hydrogens is 245 g/mol. The summed E-state index contributed by atoms with van der Waals surface area (Å²) in [6.07, 6.45) is -4.56. The van der Waals surface area contributed by atoms with Crippen LogP contribution in [0.15, 0.2) is 24.4 Å². The summed E-state index contributed by atoms with van der Waals surface area (Å²) in [5, 5.41) is 0. The molecule has 0 radical (unpaired) electrons. The standard InChI is InChI=1S/C12H15F3N2O/c1-11(2)8-17(10-5-3-4-6-16-10)7-9(18-11)12(13,14)15/h3-6,9H,7-8H2,1-2H3. The van der Waals surface area contributed by atoms with E-state index in [1.807, 2.05) is 0 Å². The van der Waals surface area contributed by atoms with Crippen LogP contribution in [0.2, 0.25) is 0 Å². The van der Waals surface area contributed by atoms with E-state index in [4.69, 9.17) is 4.74 Å². The number of anilines is 1. The summed E-state index contributed by atoms with van der Waals surface area (Å²) >= 11 is 0. The molecule has 1 aromatic heterocycles. The Kier molecular flexibility index (Phi) is 3.23. The molecule has 0 amide bonds. The molecule has 0 bridgehead atoms. The first-order valence-electron chi connectivity index (χ1n) is 5.68. The normalized spacial score (nSPS) is 24.1. The van der Waals surface area contributed by atoms with Crippen molar-refractivity contribution < 1.29 is 17.9 Å². The molecule has 1 aromatic rings. The largest absolute Gasteiger partial charge is 0.416 e. The molecule has 0 aromatic carbocycles. The average Bonchev–Trinajstić information content (AvgIpc) is 2.27. The molecular formula is C12H15F3N2O. The van der Waals surface area contributed by atoms with Crippen LogP contribution in [0.25, 0.3) is 0 Å². The number of hydrogen-bond acceptors (Lipinski definition) is 3. The van der Waals surface area contributed by atoms with Gasteiger partial charge in [0.1, 0.15) is 5.82 Å². The van der Waals surface area contributed by atoms with Crippen molar-refractivity contribution in [3.63, 3.8) is 0 Å². The lowest BCUT2D eigenvalue weighted by Crippen LogP contribution is -2.57. The van der Waals surface area contributed by atoms with Crippen molar-refractivity contribution in [3.05, 3.63) is 24.4 Å². The van der Waals surface area contributed by atoms with E-state index in [1.165, 1.54) is 0 Å². The number of ether oxygens (including phenoxy) is 1. The average molecular weight is 260 g/mol. The van der Waals surface area contributed by atoms with Gasteiger partial charge in [-0.05, 0) is 26.0 Å². The van der Waals surface area contributed by atoms with Crippen molar-refractivity contribution >= 4 is 5.82 Å². The predicted molar refractivity (Wildman–Crippen MR) is 61.5 cm³/mol. The Labute approximate surface area is 104 Å². The van der Waals surface area contributed by atoms with E-state index >= 15 is 0 Å². The third-order valence-electron chi connectivity index (χ3n) is 2.76. The maximum Gasteiger partial charge on any atom is 0.416 e. The summed E-state index contributed by atoms with van der Waals surface area (Å²) in [5.74, 6) is 0.545. The Balaban J connectivity index is 2.22. The fraction of sp³-hybridized carbons (Fsp3) is 0.583. The molecule has 1 aliphatic rings. The fourth-order valence-electron chi connectivity index (χ4n) is 2.07. The molecule has 2 rings (SSSR count). The zero-order valence-electron chi connectivity index (χ0n) is 10.2. The lowest BCUT2D eigenvalue weighted by atomic mass is 10.0. The third-order valence-corrected chi connectivity index (χ3v) is 2.76. The Hall–Kier alpha value is -1.30. The van der Waals surface area contributed by atoms with Crippen LogP contribution in [0.3, 0.4) is 0 Å². The second-order valence-electron chi connectivity index (χ2n) is 4.98. The molecule has 1 unspecified atom stereocenters. The first-order chi connectivity index (χ1) is 8.28. The smallest absolute Gasteiger partial charge is 0.359 e. The fourth-order valence-corrected chi connectivity index (χ4v) is 2.07. The molecule has 0 aliphatic carbocycles. The Morgan fingerprint density at radius 3 is 2.67 bits per heavy atom. The molecule has 2 heterocycles. The van der Waals surface area contributed by atoms with Gasteiger partial charge in [-0.25, -0.2) is 4.98 Å². The Morgan fingerprint density at radius 1 is 1.39 bits per heavy atom. The van der Waals surface area contributed by atoms with Gasteiger partial charge in [0.15, 0.2) is 6.10 Å². The van der Waals surface area contributed by atoms with Gasteiger partial charge in [0.2, 0.25) is 0 Å². The van der Waals surface area contributed by atoms with Gasteiger partial charge in [0.25, 0.3) is 0 Å². The highest BCUT2D eigenvalue weighted by molar-refractivity contribution is 5.39. The number of halogens is 3. The lowest BCUT2D eigenvalue weighted by Gasteiger charge is -2.43. The minimum atomic E-state index is -4.36. The van der Waals surface area contributed by atoms with E-state index in [0.29, 0.717) is 12.4 Å². The van der Waals surface area contributed by atoms with Crippen LogP contribution in [0.5, 0.6) is 0 Å². The zero-order chi connectivity index (χ0) is 13.4. The van der Waals surface area contributed by atoms with Crippen LogP contribution in [-0.4, -0.2) is 36.0 Å². The van der Waals surface area contributed by atoms with Crippen LogP contribution in [0.1, 0.15) is 13.8 Å². The molecule has 1 atom stereocenters. The van der Waals surface area contributed by atoms with Crippen molar-refractivity contribution in [1.82, 2.24) is 4.98 Å². The topological polar surface area (TPSA) is 25.4 Å². The highest BCUT2D eigenvalue weighted by Gasteiger charge is 2.48. The maximum absolute atomic E-state index is 12.8. The monoisotopic (exact) mass is 260 g/mol. The van der Waals surface area contributed by atoms with Gasteiger partial charge < -0.3 is 9.64 Å². The molecule has 1 saturated heterocycles. The van der Waals surface area contributed by atoms with Gasteiger partial charge in [0, 0.05) is 12.7 Å². The van der Waals surface area contributed by atoms with E-state index in [0.717, 1.165) is 0 Å². The van der Waals surface area contributed by atoms with Gasteiger partial charge in [-0.15, -0.1) is 0 Å². The number of rotatable bonds is 1. The second kappa shape index (κ2) is 4.42. The van der Waals surface area contributed by atoms with E-state index in [2.05, 4.69) is 4.98 Å². The van der Waals surface area contributed by atoms with Crippen LogP contribution < -0.4 is 4.90 Å². The quantitative estimate of drug-likeness (QED) is 0.776. The van der Waals surface area contributed by atoms with Crippen LogP contribution in [-0.2, 0) is 4.74 Å². The first kappa shape index (κ1) is 13.1. The SMILES string of the molecule is CC1(C)CN(c2ccccn2)CC(C(F)(F)F)O1. The van der Waals surface area contributed by atoms with Crippen LogP contribution in [0.4, 0.5) is 19.0 Å². The highest BCUT2D eigenvalue weighted by atomic mass is 19.4.